The van der Waals surface area contributed by atoms with E-state index in [-0.39, 0.29) is 0 Å². The molecular weight excluding hydrogens is 212 g/mol. The molecule has 3 nitrogen and oxygen atoms in total. The lowest BCUT2D eigenvalue weighted by molar-refractivity contribution is -0.178. The topological polar surface area (TPSA) is 38.7 Å². The molecule has 1 N–H and O–H groups in total. The van der Waals surface area contributed by atoms with Crippen LogP contribution in [0.1, 0.15) is 6.92 Å². The molecule has 1 rings (SSSR count). The van der Waals surface area contributed by atoms with Crippen molar-refractivity contribution in [1.82, 2.24) is 0 Å². The molecule has 0 radical (unpaired) electrons. The van der Waals surface area contributed by atoms with Crippen molar-refractivity contribution in [2.45, 2.75) is 18.8 Å². The Morgan fingerprint density at radius 1 is 1.55 bits per heavy atom. The van der Waals surface area contributed by atoms with E-state index < -0.39 is 11.9 Å². The minimum atomic E-state index is -0.927. The fourth-order valence-electron chi connectivity index (χ4n) is 1.01. The molecule has 11 heavy (non-hydrogen) atoms. The van der Waals surface area contributed by atoms with Crippen molar-refractivity contribution in [2.24, 2.45) is 0 Å². The Labute approximate surface area is 74.1 Å². The molecule has 0 amide bonds. The Kier molecular flexibility index (Phi) is 3.06. The molecule has 4 heteroatoms. The Morgan fingerprint density at radius 2 is 2.09 bits per heavy atom. The molecule has 0 spiro atoms. The smallest absolute Gasteiger partial charge is 0.215 e. The van der Waals surface area contributed by atoms with Gasteiger partial charge < -0.3 is 14.6 Å². The first kappa shape index (κ1) is 9.19. The van der Waals surface area contributed by atoms with Gasteiger partial charge in [-0.1, -0.05) is 15.9 Å². The van der Waals surface area contributed by atoms with Gasteiger partial charge in [0.05, 0.1) is 13.2 Å². The molecule has 0 aromatic rings. The number of ether oxygens (including phenoxy) is 2. The third kappa shape index (κ3) is 1.82. The highest BCUT2D eigenvalue weighted by molar-refractivity contribution is 9.11. The zero-order valence-electron chi connectivity index (χ0n) is 6.29. The minimum Gasteiger partial charge on any atom is -0.387 e. The van der Waals surface area contributed by atoms with Crippen LogP contribution in [-0.4, -0.2) is 30.2 Å². The third-order valence-corrected chi connectivity index (χ3v) is 1.88. The molecule has 0 unspecified atom stereocenters. The van der Waals surface area contributed by atoms with Crippen molar-refractivity contribution in [3.63, 3.8) is 0 Å². The van der Waals surface area contributed by atoms with Crippen molar-refractivity contribution in [3.05, 3.63) is 11.1 Å². The third-order valence-electron chi connectivity index (χ3n) is 1.62. The van der Waals surface area contributed by atoms with Gasteiger partial charge >= 0.3 is 0 Å². The Balaban J connectivity index is 2.70. The maximum atomic E-state index is 9.31. The van der Waals surface area contributed by atoms with E-state index in [1.54, 1.807) is 18.0 Å². The summed E-state index contributed by atoms with van der Waals surface area (Å²) in [5, 5.41) is 9.31. The molecular formula is C7H11BrO3. The molecule has 1 aliphatic heterocycles. The molecule has 0 aromatic heterocycles. The van der Waals surface area contributed by atoms with Crippen LogP contribution < -0.4 is 0 Å². The first-order chi connectivity index (χ1) is 5.21. The predicted octanol–water partition coefficient (Wildman–Crippen LogP) is 1.02. The first-order valence-electron chi connectivity index (χ1n) is 3.45. The average molecular weight is 223 g/mol. The van der Waals surface area contributed by atoms with Crippen LogP contribution in [-0.2, 0) is 9.47 Å². The van der Waals surface area contributed by atoms with Crippen molar-refractivity contribution in [1.29, 1.82) is 0 Å². The van der Waals surface area contributed by atoms with Crippen LogP contribution in [0.25, 0.3) is 0 Å². The number of hydrogen-bond acceptors (Lipinski definition) is 3. The van der Waals surface area contributed by atoms with E-state index in [1.807, 2.05) is 0 Å². The summed E-state index contributed by atoms with van der Waals surface area (Å²) in [6, 6.07) is 0. The lowest BCUT2D eigenvalue weighted by Crippen LogP contribution is -2.39. The quantitative estimate of drug-likeness (QED) is 0.759. The lowest BCUT2D eigenvalue weighted by Gasteiger charge is -2.26. The number of rotatable bonds is 2. The molecule has 0 saturated carbocycles. The molecule has 0 aromatic carbocycles. The van der Waals surface area contributed by atoms with Crippen molar-refractivity contribution in [2.75, 3.05) is 13.2 Å². The Hall–Kier alpha value is 0.1000. The molecule has 0 bridgehead atoms. The van der Waals surface area contributed by atoms with Crippen LogP contribution in [0.4, 0.5) is 0 Å². The lowest BCUT2D eigenvalue weighted by atomic mass is 10.2. The second-order valence-corrected chi connectivity index (χ2v) is 2.92. The second kappa shape index (κ2) is 3.67. The fraction of sp³-hybridized carbons (Fsp3) is 0.714. The maximum Gasteiger partial charge on any atom is 0.215 e. The van der Waals surface area contributed by atoms with E-state index in [4.69, 9.17) is 9.47 Å². The van der Waals surface area contributed by atoms with Crippen molar-refractivity contribution < 1.29 is 14.6 Å². The van der Waals surface area contributed by atoms with Gasteiger partial charge in [-0.15, -0.1) is 0 Å². The van der Waals surface area contributed by atoms with E-state index in [0.717, 1.165) is 0 Å². The van der Waals surface area contributed by atoms with Crippen LogP contribution in [0.2, 0.25) is 0 Å². The highest BCUT2D eigenvalue weighted by Gasteiger charge is 2.38. The maximum absolute atomic E-state index is 9.31. The largest absolute Gasteiger partial charge is 0.387 e. The van der Waals surface area contributed by atoms with E-state index in [1.165, 1.54) is 0 Å². The minimum absolute atomic E-state index is 0.530. The summed E-state index contributed by atoms with van der Waals surface area (Å²) < 4.78 is 10.5. The van der Waals surface area contributed by atoms with E-state index in [0.29, 0.717) is 13.2 Å². The number of aliphatic hydroxyl groups is 1. The van der Waals surface area contributed by atoms with Gasteiger partial charge in [0.1, 0.15) is 6.10 Å². The van der Waals surface area contributed by atoms with Crippen molar-refractivity contribution >= 4 is 15.9 Å². The van der Waals surface area contributed by atoms with Gasteiger partial charge in [-0.2, -0.15) is 0 Å². The summed E-state index contributed by atoms with van der Waals surface area (Å²) in [6.07, 6.45) is 1.00. The molecule has 1 atom stereocenters. The van der Waals surface area contributed by atoms with E-state index in [9.17, 15) is 5.11 Å². The average Bonchev–Trinajstić information content (AvgIpc) is 2.38. The molecule has 1 aliphatic rings. The first-order valence-corrected chi connectivity index (χ1v) is 4.37. The summed E-state index contributed by atoms with van der Waals surface area (Å²) >= 11 is 3.11. The monoisotopic (exact) mass is 222 g/mol. The van der Waals surface area contributed by atoms with Gasteiger partial charge in [-0.05, 0) is 18.0 Å². The summed E-state index contributed by atoms with van der Waals surface area (Å²) in [6.45, 7) is 2.70. The highest BCUT2D eigenvalue weighted by Crippen LogP contribution is 2.25. The van der Waals surface area contributed by atoms with Crippen LogP contribution in [0.5, 0.6) is 0 Å². The van der Waals surface area contributed by atoms with Crippen LogP contribution in [0, 0.1) is 0 Å². The van der Waals surface area contributed by atoms with Gasteiger partial charge in [0.2, 0.25) is 5.79 Å². The van der Waals surface area contributed by atoms with Gasteiger partial charge in [-0.25, -0.2) is 0 Å². The summed E-state index contributed by atoms with van der Waals surface area (Å²) in [5.41, 5.74) is 0. The highest BCUT2D eigenvalue weighted by atomic mass is 79.9. The van der Waals surface area contributed by atoms with Gasteiger partial charge in [0.25, 0.3) is 0 Å². The van der Waals surface area contributed by atoms with Gasteiger partial charge in [0, 0.05) is 0 Å². The summed E-state index contributed by atoms with van der Waals surface area (Å²) in [4.78, 5) is 1.63. The zero-order valence-corrected chi connectivity index (χ0v) is 7.87. The van der Waals surface area contributed by atoms with E-state index in [2.05, 4.69) is 15.9 Å². The SMILES string of the molecule is C[C@@H](O)C1(/C=C/Br)OCCO1. The number of halogens is 1. The van der Waals surface area contributed by atoms with Gasteiger partial charge in [0.15, 0.2) is 0 Å². The Bertz CT molecular complexity index is 150. The molecule has 0 aliphatic carbocycles. The molecule has 64 valence electrons. The number of aliphatic hydroxyl groups excluding tert-OH is 1. The number of hydrogen-bond donors (Lipinski definition) is 1. The fourth-order valence-corrected chi connectivity index (χ4v) is 1.38. The van der Waals surface area contributed by atoms with Crippen LogP contribution >= 0.6 is 15.9 Å². The standard InChI is InChI=1S/C7H11BrO3/c1-6(9)7(2-3-8)10-4-5-11-7/h2-3,6,9H,4-5H2,1H3/b3-2+/t6-/m1/s1. The van der Waals surface area contributed by atoms with Crippen molar-refractivity contribution in [3.8, 4) is 0 Å². The van der Waals surface area contributed by atoms with Crippen LogP contribution in [0.15, 0.2) is 11.1 Å². The Morgan fingerprint density at radius 3 is 2.45 bits per heavy atom. The molecule has 1 fully saturated rings. The summed E-state index contributed by atoms with van der Waals surface area (Å²) in [7, 11) is 0. The van der Waals surface area contributed by atoms with Gasteiger partial charge in [-0.3, -0.25) is 0 Å². The predicted molar refractivity (Wildman–Crippen MR) is 44.4 cm³/mol. The van der Waals surface area contributed by atoms with E-state index >= 15 is 0 Å². The molecule has 1 saturated heterocycles. The van der Waals surface area contributed by atoms with Crippen LogP contribution in [0.3, 0.4) is 0 Å². The second-order valence-electron chi connectivity index (χ2n) is 2.39. The molecule has 1 heterocycles. The summed E-state index contributed by atoms with van der Waals surface area (Å²) in [5.74, 6) is -0.927. The normalized spacial score (nSPS) is 26.1. The zero-order chi connectivity index (χ0) is 8.32.